The molecule has 16 heavy (non-hydrogen) atoms. The number of rotatable bonds is 2. The number of aliphatic hydroxyl groups is 1. The summed E-state index contributed by atoms with van der Waals surface area (Å²) in [7, 11) is 2.05. The van der Waals surface area contributed by atoms with E-state index in [1.54, 1.807) is 6.07 Å². The van der Waals surface area contributed by atoms with Crippen LogP contribution in [0, 0.1) is 5.92 Å². The van der Waals surface area contributed by atoms with Crippen LogP contribution in [-0.2, 0) is 0 Å². The number of aliphatic hydroxyl groups excluding tert-OH is 1. The van der Waals surface area contributed by atoms with Crippen LogP contribution in [0.15, 0.2) is 23.0 Å². The van der Waals surface area contributed by atoms with Gasteiger partial charge in [-0.15, -0.1) is 0 Å². The Kier molecular flexibility index (Phi) is 3.41. The van der Waals surface area contributed by atoms with Crippen molar-refractivity contribution in [3.8, 4) is 0 Å². The largest absolute Gasteiger partial charge is 0.396 e. The molecule has 1 aromatic heterocycles. The molecule has 2 atom stereocenters. The highest BCUT2D eigenvalue weighted by Gasteiger charge is 2.26. The van der Waals surface area contributed by atoms with Crippen LogP contribution in [0.3, 0.4) is 0 Å². The number of hydrogen-bond donors (Lipinski definition) is 2. The molecule has 88 valence electrons. The molecule has 0 aliphatic carbocycles. The van der Waals surface area contributed by atoms with Crippen molar-refractivity contribution < 1.29 is 5.11 Å². The first-order valence-corrected chi connectivity index (χ1v) is 5.67. The Bertz CT molecular complexity index is 402. The minimum Gasteiger partial charge on any atom is -0.396 e. The van der Waals surface area contributed by atoms with Crippen molar-refractivity contribution in [2.24, 2.45) is 5.92 Å². The standard InChI is InChI=1S/C12H18N2O2/c1-14-6-9(8-15)5-10(7-14)11-3-2-4-12(16)13-11/h2-4,9-10,15H,5-8H2,1H3,(H,13,16)/t9-,10-/m0/s1. The number of aromatic amines is 1. The third-order valence-electron chi connectivity index (χ3n) is 3.21. The van der Waals surface area contributed by atoms with Crippen molar-refractivity contribution in [3.05, 3.63) is 34.2 Å². The molecule has 0 bridgehead atoms. The zero-order valence-electron chi connectivity index (χ0n) is 9.52. The van der Waals surface area contributed by atoms with E-state index in [1.807, 2.05) is 6.07 Å². The summed E-state index contributed by atoms with van der Waals surface area (Å²) in [6, 6.07) is 5.27. The maximum atomic E-state index is 11.2. The summed E-state index contributed by atoms with van der Waals surface area (Å²) in [5, 5.41) is 9.23. The van der Waals surface area contributed by atoms with Crippen molar-refractivity contribution in [2.45, 2.75) is 12.3 Å². The van der Waals surface area contributed by atoms with Gasteiger partial charge in [0.2, 0.25) is 5.56 Å². The minimum atomic E-state index is -0.0497. The Morgan fingerprint density at radius 3 is 3.00 bits per heavy atom. The highest BCUT2D eigenvalue weighted by atomic mass is 16.3. The maximum absolute atomic E-state index is 11.2. The predicted octanol–water partition coefficient (Wildman–Crippen LogP) is 0.402. The van der Waals surface area contributed by atoms with Gasteiger partial charge in [-0.1, -0.05) is 6.07 Å². The van der Waals surface area contributed by atoms with E-state index in [2.05, 4.69) is 16.9 Å². The van der Waals surface area contributed by atoms with Crippen LogP contribution in [0.1, 0.15) is 18.0 Å². The molecule has 2 N–H and O–H groups in total. The number of aromatic nitrogens is 1. The zero-order chi connectivity index (χ0) is 11.5. The third-order valence-corrected chi connectivity index (χ3v) is 3.21. The monoisotopic (exact) mass is 222 g/mol. The highest BCUT2D eigenvalue weighted by Crippen LogP contribution is 2.27. The van der Waals surface area contributed by atoms with Gasteiger partial charge in [0.15, 0.2) is 0 Å². The summed E-state index contributed by atoms with van der Waals surface area (Å²) in [5.74, 6) is 0.636. The summed E-state index contributed by atoms with van der Waals surface area (Å²) in [5.41, 5.74) is 0.934. The molecule has 2 rings (SSSR count). The number of pyridine rings is 1. The lowest BCUT2D eigenvalue weighted by molar-refractivity contribution is 0.124. The second-order valence-corrected chi connectivity index (χ2v) is 4.67. The van der Waals surface area contributed by atoms with Crippen molar-refractivity contribution in [1.82, 2.24) is 9.88 Å². The quantitative estimate of drug-likeness (QED) is 0.761. The van der Waals surface area contributed by atoms with Gasteiger partial charge in [0, 0.05) is 37.4 Å². The summed E-state index contributed by atoms with van der Waals surface area (Å²) in [4.78, 5) is 16.3. The van der Waals surface area contributed by atoms with E-state index >= 15 is 0 Å². The Labute approximate surface area is 94.9 Å². The first-order valence-electron chi connectivity index (χ1n) is 5.67. The highest BCUT2D eigenvalue weighted by molar-refractivity contribution is 5.11. The Morgan fingerprint density at radius 2 is 2.31 bits per heavy atom. The first kappa shape index (κ1) is 11.4. The number of likely N-dealkylation sites (tertiary alicyclic amines) is 1. The molecule has 4 heteroatoms. The van der Waals surface area contributed by atoms with Crippen LogP contribution in [0.25, 0.3) is 0 Å². The fourth-order valence-electron chi connectivity index (χ4n) is 2.50. The molecule has 0 radical (unpaired) electrons. The van der Waals surface area contributed by atoms with E-state index in [4.69, 9.17) is 0 Å². The molecule has 0 unspecified atom stereocenters. The number of nitrogens with zero attached hydrogens (tertiary/aromatic N) is 1. The van der Waals surface area contributed by atoms with Crippen LogP contribution in [0.2, 0.25) is 0 Å². The van der Waals surface area contributed by atoms with Gasteiger partial charge in [-0.3, -0.25) is 4.79 Å². The van der Waals surface area contributed by atoms with Gasteiger partial charge in [-0.05, 0) is 25.5 Å². The molecule has 0 spiro atoms. The molecule has 1 aromatic rings. The fraction of sp³-hybridized carbons (Fsp3) is 0.583. The topological polar surface area (TPSA) is 56.3 Å². The Morgan fingerprint density at radius 1 is 1.50 bits per heavy atom. The molecule has 2 heterocycles. The third kappa shape index (κ3) is 2.51. The summed E-state index contributed by atoms with van der Waals surface area (Å²) in [6.07, 6.45) is 0.945. The van der Waals surface area contributed by atoms with Gasteiger partial charge in [0.1, 0.15) is 0 Å². The Balaban J connectivity index is 2.17. The van der Waals surface area contributed by atoms with E-state index < -0.39 is 0 Å². The van der Waals surface area contributed by atoms with Crippen LogP contribution < -0.4 is 5.56 Å². The molecule has 1 saturated heterocycles. The lowest BCUT2D eigenvalue weighted by Gasteiger charge is -2.34. The number of H-pyrrole nitrogens is 1. The predicted molar refractivity (Wildman–Crippen MR) is 62.5 cm³/mol. The summed E-state index contributed by atoms with van der Waals surface area (Å²) < 4.78 is 0. The molecule has 4 nitrogen and oxygen atoms in total. The minimum absolute atomic E-state index is 0.0497. The molecular formula is C12H18N2O2. The van der Waals surface area contributed by atoms with Gasteiger partial charge in [-0.25, -0.2) is 0 Å². The van der Waals surface area contributed by atoms with Crippen molar-refractivity contribution >= 4 is 0 Å². The maximum Gasteiger partial charge on any atom is 0.248 e. The van der Waals surface area contributed by atoms with E-state index in [1.165, 1.54) is 6.07 Å². The van der Waals surface area contributed by atoms with Gasteiger partial charge in [0.05, 0.1) is 0 Å². The van der Waals surface area contributed by atoms with Crippen molar-refractivity contribution in [3.63, 3.8) is 0 Å². The van der Waals surface area contributed by atoms with Crippen LogP contribution in [-0.4, -0.2) is 41.7 Å². The average molecular weight is 222 g/mol. The lowest BCUT2D eigenvalue weighted by Crippen LogP contribution is -2.38. The van der Waals surface area contributed by atoms with E-state index in [-0.39, 0.29) is 12.2 Å². The molecule has 0 amide bonds. The number of likely N-dealkylation sites (N-methyl/N-ethyl adjacent to an activating group) is 1. The van der Waals surface area contributed by atoms with E-state index in [9.17, 15) is 9.90 Å². The summed E-state index contributed by atoms with van der Waals surface area (Å²) >= 11 is 0. The summed E-state index contributed by atoms with van der Waals surface area (Å²) in [6.45, 7) is 2.10. The van der Waals surface area contributed by atoms with Crippen LogP contribution in [0.4, 0.5) is 0 Å². The number of piperidine rings is 1. The molecular weight excluding hydrogens is 204 g/mol. The molecule has 0 saturated carbocycles. The molecule has 1 aliphatic rings. The second-order valence-electron chi connectivity index (χ2n) is 4.67. The molecule has 1 fully saturated rings. The lowest BCUT2D eigenvalue weighted by atomic mass is 9.87. The van der Waals surface area contributed by atoms with Gasteiger partial charge in [-0.2, -0.15) is 0 Å². The Hall–Kier alpha value is -1.13. The van der Waals surface area contributed by atoms with Crippen molar-refractivity contribution in [1.29, 1.82) is 0 Å². The molecule has 1 aliphatic heterocycles. The van der Waals surface area contributed by atoms with E-state index in [0.29, 0.717) is 11.8 Å². The van der Waals surface area contributed by atoms with Gasteiger partial charge < -0.3 is 15.0 Å². The van der Waals surface area contributed by atoms with Gasteiger partial charge >= 0.3 is 0 Å². The first-order chi connectivity index (χ1) is 7.69. The van der Waals surface area contributed by atoms with E-state index in [0.717, 1.165) is 25.2 Å². The number of hydrogen-bond acceptors (Lipinski definition) is 3. The van der Waals surface area contributed by atoms with Gasteiger partial charge in [0.25, 0.3) is 0 Å². The molecule has 0 aromatic carbocycles. The van der Waals surface area contributed by atoms with Crippen molar-refractivity contribution in [2.75, 3.05) is 26.7 Å². The average Bonchev–Trinajstić information content (AvgIpc) is 2.28. The van der Waals surface area contributed by atoms with Crippen LogP contribution >= 0.6 is 0 Å². The fourth-order valence-corrected chi connectivity index (χ4v) is 2.50. The zero-order valence-corrected chi connectivity index (χ0v) is 9.52. The number of nitrogens with one attached hydrogen (secondary N) is 1. The van der Waals surface area contributed by atoms with Crippen LogP contribution in [0.5, 0.6) is 0 Å². The SMILES string of the molecule is CN1C[C@@H](CO)C[C@H](c2cccc(=O)[nH]2)C1. The second kappa shape index (κ2) is 4.80. The normalized spacial score (nSPS) is 26.9. The smallest absolute Gasteiger partial charge is 0.248 e.